The lowest BCUT2D eigenvalue weighted by molar-refractivity contribution is 1.20. The van der Waals surface area contributed by atoms with E-state index in [2.05, 4.69) is 15.3 Å². The molecule has 0 aliphatic carbocycles. The summed E-state index contributed by atoms with van der Waals surface area (Å²) in [6.07, 6.45) is 5.31. The Labute approximate surface area is 68.9 Å². The van der Waals surface area contributed by atoms with E-state index < -0.39 is 0 Å². The molecule has 4 heteroatoms. The number of nitrogens with zero attached hydrogens (tertiary/aromatic N) is 3. The van der Waals surface area contributed by atoms with Crippen molar-refractivity contribution in [3.05, 3.63) is 12.3 Å². The van der Waals surface area contributed by atoms with Crippen molar-refractivity contribution in [2.24, 2.45) is 4.99 Å². The maximum absolute atomic E-state index is 4.10. The second kappa shape index (κ2) is 2.54. The number of thioether (sulfide) groups is 1. The van der Waals surface area contributed by atoms with E-state index >= 15 is 0 Å². The van der Waals surface area contributed by atoms with Crippen molar-refractivity contribution in [1.29, 1.82) is 0 Å². The summed E-state index contributed by atoms with van der Waals surface area (Å²) in [4.78, 5) is 9.19. The molecule has 11 heavy (non-hydrogen) atoms. The molecule has 0 spiro atoms. The average Bonchev–Trinajstić information content (AvgIpc) is 2.50. The van der Waals surface area contributed by atoms with Crippen LogP contribution in [0.5, 0.6) is 0 Å². The van der Waals surface area contributed by atoms with Crippen LogP contribution in [-0.2, 0) is 0 Å². The summed E-state index contributed by atoms with van der Waals surface area (Å²) in [5, 5.41) is 4.10. The Hall–Kier alpha value is -1.03. The van der Waals surface area contributed by atoms with E-state index in [1.54, 1.807) is 18.0 Å². The fourth-order valence-electron chi connectivity index (χ4n) is 0.948. The van der Waals surface area contributed by atoms with Crippen LogP contribution in [0.2, 0.25) is 0 Å². The highest BCUT2D eigenvalue weighted by molar-refractivity contribution is 7.98. The molecule has 0 amide bonds. The molecule has 1 aliphatic heterocycles. The zero-order valence-electron chi connectivity index (χ0n) is 5.98. The summed E-state index contributed by atoms with van der Waals surface area (Å²) in [7, 11) is 0. The number of hydrogen-bond donors (Lipinski definition) is 0. The van der Waals surface area contributed by atoms with Crippen molar-refractivity contribution in [2.75, 3.05) is 6.26 Å². The van der Waals surface area contributed by atoms with Gasteiger partial charge in [0.25, 0.3) is 0 Å². The van der Waals surface area contributed by atoms with Crippen molar-refractivity contribution in [3.8, 4) is 0 Å². The Morgan fingerprint density at radius 1 is 1.45 bits per heavy atom. The summed E-state index contributed by atoms with van der Waals surface area (Å²) in [5.41, 5.74) is 0.903. The maximum Gasteiger partial charge on any atom is 0.180 e. The normalized spacial score (nSPS) is 12.8. The highest BCUT2D eigenvalue weighted by atomic mass is 32.2. The fraction of sp³-hybridized carbons (Fsp3) is 0.143. The second-order valence-electron chi connectivity index (χ2n) is 2.06. The molecule has 0 saturated carbocycles. The molecule has 2 heterocycles. The van der Waals surface area contributed by atoms with Gasteiger partial charge in [-0.1, -0.05) is 0 Å². The monoisotopic (exact) mass is 164 g/mol. The van der Waals surface area contributed by atoms with Gasteiger partial charge in [-0.2, -0.15) is 0 Å². The molecule has 0 fully saturated rings. The van der Waals surface area contributed by atoms with Gasteiger partial charge in [-0.25, -0.2) is 15.3 Å². The van der Waals surface area contributed by atoms with E-state index in [1.165, 1.54) is 6.34 Å². The molecular formula is C7H6N3S. The van der Waals surface area contributed by atoms with Crippen LogP contribution in [0, 0.1) is 0 Å². The highest BCUT2D eigenvalue weighted by Gasteiger charge is 2.12. The van der Waals surface area contributed by atoms with Crippen LogP contribution in [0.1, 0.15) is 0 Å². The Balaban J connectivity index is 2.55. The first-order chi connectivity index (χ1) is 5.42. The molecular weight excluding hydrogens is 158 g/mol. The van der Waals surface area contributed by atoms with Gasteiger partial charge in [-0.3, -0.25) is 0 Å². The molecule has 0 unspecified atom stereocenters. The average molecular weight is 164 g/mol. The standard InChI is InChI=1S/C7H6N3S/c1-11-5-2-3-8-7-6(5)9-4-10-7/h2-4H,1H3. The van der Waals surface area contributed by atoms with E-state index in [-0.39, 0.29) is 0 Å². The van der Waals surface area contributed by atoms with Gasteiger partial charge in [0.05, 0.1) is 0 Å². The molecule has 2 rings (SSSR count). The fourth-order valence-corrected chi connectivity index (χ4v) is 1.48. The van der Waals surface area contributed by atoms with Crippen LogP contribution in [0.4, 0.5) is 11.5 Å². The molecule has 3 nitrogen and oxygen atoms in total. The quantitative estimate of drug-likeness (QED) is 0.593. The third-order valence-electron chi connectivity index (χ3n) is 1.45. The lowest BCUT2D eigenvalue weighted by Gasteiger charge is -2.00. The first-order valence-electron chi connectivity index (χ1n) is 3.18. The van der Waals surface area contributed by atoms with Crippen LogP contribution >= 0.6 is 11.8 Å². The van der Waals surface area contributed by atoms with Gasteiger partial charge in [0.2, 0.25) is 0 Å². The van der Waals surface area contributed by atoms with Crippen molar-refractivity contribution < 1.29 is 0 Å². The zero-order valence-corrected chi connectivity index (χ0v) is 6.80. The summed E-state index contributed by atoms with van der Waals surface area (Å²) in [5.74, 6) is 0.733. The highest BCUT2D eigenvalue weighted by Crippen LogP contribution is 2.34. The predicted molar refractivity (Wildman–Crippen MR) is 46.0 cm³/mol. The van der Waals surface area contributed by atoms with Crippen molar-refractivity contribution in [1.82, 2.24) is 10.3 Å². The Morgan fingerprint density at radius 2 is 2.36 bits per heavy atom. The molecule has 55 valence electrons. The lowest BCUT2D eigenvalue weighted by Crippen LogP contribution is -1.88. The summed E-state index contributed by atoms with van der Waals surface area (Å²) in [6, 6.07) is 1.95. The Kier molecular flexibility index (Phi) is 1.54. The number of fused-ring (bicyclic) bond motifs is 1. The van der Waals surface area contributed by atoms with Crippen molar-refractivity contribution >= 4 is 29.6 Å². The Morgan fingerprint density at radius 3 is 3.18 bits per heavy atom. The number of aromatic nitrogens is 1. The van der Waals surface area contributed by atoms with Gasteiger partial charge in [-0.15, -0.1) is 11.8 Å². The first kappa shape index (κ1) is 6.67. The molecule has 1 aromatic rings. The summed E-state index contributed by atoms with van der Waals surface area (Å²) in [6.45, 7) is 0. The van der Waals surface area contributed by atoms with Gasteiger partial charge in [0.1, 0.15) is 12.0 Å². The van der Waals surface area contributed by atoms with Crippen LogP contribution in [0.3, 0.4) is 0 Å². The van der Waals surface area contributed by atoms with Gasteiger partial charge < -0.3 is 0 Å². The van der Waals surface area contributed by atoms with E-state index in [4.69, 9.17) is 0 Å². The van der Waals surface area contributed by atoms with Crippen molar-refractivity contribution in [2.45, 2.75) is 4.90 Å². The van der Waals surface area contributed by atoms with Gasteiger partial charge in [0.15, 0.2) is 5.82 Å². The smallest absolute Gasteiger partial charge is 0.180 e. The summed E-state index contributed by atoms with van der Waals surface area (Å²) >= 11 is 1.66. The van der Waals surface area contributed by atoms with Crippen LogP contribution < -0.4 is 5.32 Å². The van der Waals surface area contributed by atoms with E-state index in [1.807, 2.05) is 12.3 Å². The van der Waals surface area contributed by atoms with E-state index in [9.17, 15) is 0 Å². The lowest BCUT2D eigenvalue weighted by atomic mass is 10.4. The minimum absolute atomic E-state index is 0.733. The Bertz CT molecular complexity index is 309. The van der Waals surface area contributed by atoms with Crippen LogP contribution in [0.15, 0.2) is 22.2 Å². The van der Waals surface area contributed by atoms with Gasteiger partial charge in [0, 0.05) is 11.1 Å². The van der Waals surface area contributed by atoms with Crippen LogP contribution in [0.25, 0.3) is 0 Å². The van der Waals surface area contributed by atoms with E-state index in [0.29, 0.717) is 0 Å². The molecule has 0 atom stereocenters. The maximum atomic E-state index is 4.10. The second-order valence-corrected chi connectivity index (χ2v) is 2.91. The number of rotatable bonds is 1. The SMILES string of the molecule is CSc1ccnc2c1[N]C=N2. The van der Waals surface area contributed by atoms with Crippen molar-refractivity contribution in [3.63, 3.8) is 0 Å². The third kappa shape index (κ3) is 0.991. The first-order valence-corrected chi connectivity index (χ1v) is 4.40. The topological polar surface area (TPSA) is 39.4 Å². The largest absolute Gasteiger partial charge is 0.235 e. The minimum atomic E-state index is 0.733. The molecule has 1 radical (unpaired) electrons. The molecule has 1 aromatic heterocycles. The molecule has 1 aliphatic rings. The van der Waals surface area contributed by atoms with E-state index in [0.717, 1.165) is 16.4 Å². The molecule has 0 bridgehead atoms. The molecule has 0 aromatic carbocycles. The molecule has 0 N–H and O–H groups in total. The van der Waals surface area contributed by atoms with Gasteiger partial charge >= 0.3 is 0 Å². The predicted octanol–water partition coefficient (Wildman–Crippen LogP) is 1.71. The third-order valence-corrected chi connectivity index (χ3v) is 2.22. The number of hydrogen-bond acceptors (Lipinski definition) is 3. The van der Waals surface area contributed by atoms with Gasteiger partial charge in [-0.05, 0) is 12.3 Å². The summed E-state index contributed by atoms with van der Waals surface area (Å²) < 4.78 is 0. The zero-order chi connectivity index (χ0) is 7.68. The number of aliphatic imine (C=N–C) groups is 1. The number of pyridine rings is 1. The molecule has 0 saturated heterocycles. The van der Waals surface area contributed by atoms with Crippen LogP contribution in [-0.4, -0.2) is 17.6 Å². The minimum Gasteiger partial charge on any atom is -0.235 e.